The number of halogens is 2. The lowest BCUT2D eigenvalue weighted by Gasteiger charge is -2.12. The van der Waals surface area contributed by atoms with Gasteiger partial charge in [0, 0.05) is 11.6 Å². The number of primary amides is 1. The summed E-state index contributed by atoms with van der Waals surface area (Å²) >= 11 is 0. The van der Waals surface area contributed by atoms with Crippen molar-refractivity contribution in [3.05, 3.63) is 71.7 Å². The summed E-state index contributed by atoms with van der Waals surface area (Å²) in [6.07, 6.45) is -0.948. The molecule has 130 valence electrons. The van der Waals surface area contributed by atoms with Gasteiger partial charge < -0.3 is 15.2 Å². The van der Waals surface area contributed by atoms with Gasteiger partial charge in [-0.25, -0.2) is 18.7 Å². The van der Waals surface area contributed by atoms with Crippen molar-refractivity contribution in [3.63, 3.8) is 0 Å². The number of amides is 1. The van der Waals surface area contributed by atoms with E-state index in [4.69, 9.17) is 15.2 Å². The molecule has 3 aromatic rings. The van der Waals surface area contributed by atoms with Crippen molar-refractivity contribution in [1.29, 1.82) is 0 Å². The zero-order chi connectivity index (χ0) is 18.3. The number of hydrogen-bond donors (Lipinski definition) is 1. The normalized spacial score (nSPS) is 13.0. The van der Waals surface area contributed by atoms with Gasteiger partial charge in [0.2, 0.25) is 5.82 Å². The fourth-order valence-corrected chi connectivity index (χ4v) is 2.55. The van der Waals surface area contributed by atoms with E-state index in [2.05, 4.69) is 9.97 Å². The highest BCUT2D eigenvalue weighted by molar-refractivity contribution is 5.89. The third kappa shape index (κ3) is 2.81. The van der Waals surface area contributed by atoms with Crippen LogP contribution in [0.2, 0.25) is 0 Å². The summed E-state index contributed by atoms with van der Waals surface area (Å²) < 4.78 is 38.6. The maximum absolute atomic E-state index is 14.1. The van der Waals surface area contributed by atoms with Crippen LogP contribution in [0.5, 0.6) is 11.5 Å². The molecular weight excluding hydrogens is 344 g/mol. The summed E-state index contributed by atoms with van der Waals surface area (Å²) in [5, 5.41) is 0. The predicted molar refractivity (Wildman–Crippen MR) is 86.3 cm³/mol. The van der Waals surface area contributed by atoms with Crippen molar-refractivity contribution < 1.29 is 23.0 Å². The van der Waals surface area contributed by atoms with Crippen molar-refractivity contribution in [3.8, 4) is 22.8 Å². The predicted octanol–water partition coefficient (Wildman–Crippen LogP) is 2.99. The number of benzene rings is 2. The molecule has 26 heavy (non-hydrogen) atoms. The van der Waals surface area contributed by atoms with Crippen LogP contribution in [0, 0.1) is 11.6 Å². The highest BCUT2D eigenvalue weighted by Gasteiger charge is 2.28. The first-order chi connectivity index (χ1) is 12.5. The highest BCUT2D eigenvalue weighted by Crippen LogP contribution is 2.40. The lowest BCUT2D eigenvalue weighted by molar-refractivity contribution is 0.0444. The van der Waals surface area contributed by atoms with Crippen LogP contribution in [-0.2, 0) is 0 Å². The van der Waals surface area contributed by atoms with E-state index in [9.17, 15) is 13.6 Å². The maximum Gasteiger partial charge on any atom is 0.286 e. The van der Waals surface area contributed by atoms with Crippen molar-refractivity contribution >= 4 is 5.91 Å². The summed E-state index contributed by atoms with van der Waals surface area (Å²) in [6.45, 7) is 0. The Morgan fingerprint density at radius 2 is 1.69 bits per heavy atom. The number of carbonyl (C=O) groups is 1. The molecule has 1 aliphatic rings. The summed E-state index contributed by atoms with van der Waals surface area (Å²) in [6, 6.07) is 11.4. The maximum atomic E-state index is 14.1. The van der Waals surface area contributed by atoms with Crippen LogP contribution >= 0.6 is 0 Å². The molecule has 8 heteroatoms. The third-order valence-corrected chi connectivity index (χ3v) is 3.73. The Hall–Kier alpha value is -3.55. The van der Waals surface area contributed by atoms with Gasteiger partial charge in [-0.3, -0.25) is 4.79 Å². The zero-order valence-corrected chi connectivity index (χ0v) is 13.1. The Kier molecular flexibility index (Phi) is 3.72. The van der Waals surface area contributed by atoms with Crippen molar-refractivity contribution in [2.24, 2.45) is 5.73 Å². The van der Waals surface area contributed by atoms with Gasteiger partial charge >= 0.3 is 0 Å². The number of aromatic nitrogens is 2. The minimum Gasteiger partial charge on any atom is -0.445 e. The molecule has 1 amide bonds. The highest BCUT2D eigenvalue weighted by atomic mass is 19.1. The second-order valence-electron chi connectivity index (χ2n) is 5.50. The molecule has 0 atom stereocenters. The lowest BCUT2D eigenvalue weighted by Crippen LogP contribution is -2.19. The smallest absolute Gasteiger partial charge is 0.286 e. The number of hydrogen-bond acceptors (Lipinski definition) is 5. The SMILES string of the molecule is NC(=O)c1nc(-c2ccc(F)cc2F)cc(C2Oc3ccccc3O2)n1. The van der Waals surface area contributed by atoms with Crippen molar-refractivity contribution in [2.75, 3.05) is 0 Å². The van der Waals surface area contributed by atoms with Gasteiger partial charge in [-0.05, 0) is 30.3 Å². The minimum absolute atomic E-state index is 0.00642. The number of rotatable bonds is 3. The molecule has 1 aliphatic heterocycles. The molecule has 1 aromatic heterocycles. The van der Waals surface area contributed by atoms with E-state index in [1.54, 1.807) is 24.3 Å². The Balaban J connectivity index is 1.79. The summed E-state index contributed by atoms with van der Waals surface area (Å²) in [4.78, 5) is 19.6. The molecule has 2 N–H and O–H groups in total. The second-order valence-corrected chi connectivity index (χ2v) is 5.50. The molecule has 2 aromatic carbocycles. The molecule has 2 heterocycles. The zero-order valence-electron chi connectivity index (χ0n) is 13.1. The van der Waals surface area contributed by atoms with Gasteiger partial charge in [0.25, 0.3) is 12.2 Å². The number of nitrogens with zero attached hydrogens (tertiary/aromatic N) is 2. The average molecular weight is 355 g/mol. The summed E-state index contributed by atoms with van der Waals surface area (Å²) in [5.74, 6) is -1.77. The summed E-state index contributed by atoms with van der Waals surface area (Å²) in [7, 11) is 0. The first kappa shape index (κ1) is 15.9. The summed E-state index contributed by atoms with van der Waals surface area (Å²) in [5.41, 5.74) is 5.51. The fourth-order valence-electron chi connectivity index (χ4n) is 2.55. The molecule has 0 radical (unpaired) electrons. The van der Waals surface area contributed by atoms with Gasteiger partial charge in [-0.15, -0.1) is 0 Å². The van der Waals surface area contributed by atoms with Gasteiger partial charge in [0.15, 0.2) is 11.5 Å². The molecule has 0 unspecified atom stereocenters. The Morgan fingerprint density at radius 3 is 2.31 bits per heavy atom. The van der Waals surface area contributed by atoms with E-state index in [1.807, 2.05) is 0 Å². The van der Waals surface area contributed by atoms with Gasteiger partial charge in [0.05, 0.1) is 5.69 Å². The lowest BCUT2D eigenvalue weighted by atomic mass is 10.1. The van der Waals surface area contributed by atoms with E-state index in [0.717, 1.165) is 12.1 Å². The fraction of sp³-hybridized carbons (Fsp3) is 0.0556. The monoisotopic (exact) mass is 355 g/mol. The minimum atomic E-state index is -0.948. The third-order valence-electron chi connectivity index (χ3n) is 3.73. The Bertz CT molecular complexity index is 1000. The number of fused-ring (bicyclic) bond motifs is 1. The van der Waals surface area contributed by atoms with Crippen LogP contribution in [0.1, 0.15) is 22.6 Å². The molecule has 6 nitrogen and oxygen atoms in total. The molecule has 4 rings (SSSR count). The average Bonchev–Trinajstić information content (AvgIpc) is 3.05. The Morgan fingerprint density at radius 1 is 1.00 bits per heavy atom. The first-order valence-corrected chi connectivity index (χ1v) is 7.58. The number of nitrogens with two attached hydrogens (primary N) is 1. The largest absolute Gasteiger partial charge is 0.445 e. The number of ether oxygens (including phenoxy) is 2. The molecular formula is C18H11F2N3O3. The van der Waals surface area contributed by atoms with Crippen LogP contribution in [0.25, 0.3) is 11.3 Å². The van der Waals surface area contributed by atoms with Gasteiger partial charge in [0.1, 0.15) is 17.3 Å². The quantitative estimate of drug-likeness (QED) is 0.780. The van der Waals surface area contributed by atoms with E-state index in [0.29, 0.717) is 11.5 Å². The molecule has 0 spiro atoms. The molecule has 0 bridgehead atoms. The molecule has 0 saturated carbocycles. The first-order valence-electron chi connectivity index (χ1n) is 7.58. The number of para-hydroxylation sites is 2. The van der Waals surface area contributed by atoms with Crippen molar-refractivity contribution in [1.82, 2.24) is 9.97 Å². The second kappa shape index (κ2) is 6.07. The van der Waals surface area contributed by atoms with Gasteiger partial charge in [-0.1, -0.05) is 12.1 Å². The topological polar surface area (TPSA) is 87.3 Å². The molecule has 0 aliphatic carbocycles. The van der Waals surface area contributed by atoms with Crippen LogP contribution in [0.4, 0.5) is 8.78 Å². The standard InChI is InChI=1S/C18H11F2N3O3/c19-9-5-6-10(11(20)7-9)12-8-13(23-17(22-12)16(21)24)18-25-14-3-1-2-4-15(14)26-18/h1-8,18H,(H2,21,24). The number of carbonyl (C=O) groups excluding carboxylic acids is 1. The van der Waals surface area contributed by atoms with Crippen LogP contribution < -0.4 is 15.2 Å². The Labute approximate surface area is 146 Å². The van der Waals surface area contributed by atoms with E-state index >= 15 is 0 Å². The van der Waals surface area contributed by atoms with Crippen LogP contribution in [0.3, 0.4) is 0 Å². The molecule has 0 fully saturated rings. The van der Waals surface area contributed by atoms with Crippen LogP contribution in [0.15, 0.2) is 48.5 Å². The van der Waals surface area contributed by atoms with Crippen molar-refractivity contribution in [2.45, 2.75) is 6.29 Å². The van der Waals surface area contributed by atoms with Crippen LogP contribution in [-0.4, -0.2) is 15.9 Å². The van der Waals surface area contributed by atoms with Gasteiger partial charge in [-0.2, -0.15) is 0 Å². The van der Waals surface area contributed by atoms with E-state index in [1.165, 1.54) is 12.1 Å². The van der Waals surface area contributed by atoms with E-state index in [-0.39, 0.29) is 22.8 Å². The van der Waals surface area contributed by atoms with E-state index < -0.39 is 23.8 Å². The molecule has 0 saturated heterocycles.